The summed E-state index contributed by atoms with van der Waals surface area (Å²) in [7, 11) is -3.89. The number of benzene rings is 2. The van der Waals surface area contributed by atoms with Gasteiger partial charge in [0.1, 0.15) is 4.90 Å². The third-order valence-corrected chi connectivity index (χ3v) is 5.72. The van der Waals surface area contributed by atoms with Crippen molar-refractivity contribution in [3.8, 4) is 0 Å². The standard InChI is InChI=1S/C17H18Cl2N2O3S/c1-3-21(4-2)17(22)12-5-8-14(9-6-12)20-25(23,24)16-11-13(18)7-10-15(16)19/h5-11,20H,3-4H2,1-2H3. The Hall–Kier alpha value is -1.76. The number of amides is 1. The Bertz CT molecular complexity index is 864. The number of rotatable bonds is 6. The topological polar surface area (TPSA) is 66.5 Å². The van der Waals surface area contributed by atoms with Crippen LogP contribution in [0.2, 0.25) is 10.0 Å². The van der Waals surface area contributed by atoms with Crippen LogP contribution in [0.3, 0.4) is 0 Å². The van der Waals surface area contributed by atoms with Crippen molar-refractivity contribution >= 4 is 44.8 Å². The van der Waals surface area contributed by atoms with Gasteiger partial charge in [-0.3, -0.25) is 9.52 Å². The molecule has 2 aromatic rings. The van der Waals surface area contributed by atoms with Gasteiger partial charge in [-0.05, 0) is 56.3 Å². The molecule has 0 unspecified atom stereocenters. The van der Waals surface area contributed by atoms with E-state index in [-0.39, 0.29) is 20.8 Å². The zero-order chi connectivity index (χ0) is 18.6. The Morgan fingerprint density at radius 1 is 1.04 bits per heavy atom. The molecule has 5 nitrogen and oxygen atoms in total. The van der Waals surface area contributed by atoms with E-state index in [1.54, 1.807) is 17.0 Å². The molecule has 0 atom stereocenters. The fourth-order valence-corrected chi connectivity index (χ4v) is 4.09. The molecule has 0 heterocycles. The van der Waals surface area contributed by atoms with E-state index in [9.17, 15) is 13.2 Å². The summed E-state index contributed by atoms with van der Waals surface area (Å²) in [5.41, 5.74) is 0.819. The number of sulfonamides is 1. The van der Waals surface area contributed by atoms with Crippen molar-refractivity contribution in [2.24, 2.45) is 0 Å². The van der Waals surface area contributed by atoms with Crippen molar-refractivity contribution in [1.82, 2.24) is 4.90 Å². The van der Waals surface area contributed by atoms with E-state index in [4.69, 9.17) is 23.2 Å². The van der Waals surface area contributed by atoms with Crippen LogP contribution in [-0.2, 0) is 10.0 Å². The van der Waals surface area contributed by atoms with E-state index in [1.807, 2.05) is 13.8 Å². The van der Waals surface area contributed by atoms with E-state index >= 15 is 0 Å². The normalized spacial score (nSPS) is 11.2. The van der Waals surface area contributed by atoms with Gasteiger partial charge in [-0.15, -0.1) is 0 Å². The third-order valence-electron chi connectivity index (χ3n) is 3.62. The molecule has 0 spiro atoms. The van der Waals surface area contributed by atoms with Gasteiger partial charge < -0.3 is 4.90 Å². The maximum absolute atomic E-state index is 12.5. The molecule has 0 bridgehead atoms. The molecule has 0 aliphatic rings. The van der Waals surface area contributed by atoms with E-state index in [1.165, 1.54) is 30.3 Å². The van der Waals surface area contributed by atoms with Gasteiger partial charge in [-0.25, -0.2) is 8.42 Å². The number of nitrogens with zero attached hydrogens (tertiary/aromatic N) is 1. The molecular formula is C17H18Cl2N2O3S. The number of hydrogen-bond donors (Lipinski definition) is 1. The lowest BCUT2D eigenvalue weighted by Gasteiger charge is -2.18. The van der Waals surface area contributed by atoms with E-state index in [2.05, 4.69) is 4.72 Å². The van der Waals surface area contributed by atoms with Crippen molar-refractivity contribution in [2.45, 2.75) is 18.7 Å². The van der Waals surface area contributed by atoms with Crippen LogP contribution in [-0.4, -0.2) is 32.3 Å². The molecule has 8 heteroatoms. The first-order valence-corrected chi connectivity index (χ1v) is 9.89. The number of anilines is 1. The molecule has 0 saturated heterocycles. The molecule has 2 rings (SSSR count). The highest BCUT2D eigenvalue weighted by Crippen LogP contribution is 2.27. The fourth-order valence-electron chi connectivity index (χ4n) is 2.27. The lowest BCUT2D eigenvalue weighted by Crippen LogP contribution is -2.30. The van der Waals surface area contributed by atoms with Gasteiger partial charge in [0.25, 0.3) is 15.9 Å². The summed E-state index contributed by atoms with van der Waals surface area (Å²) in [5, 5.41) is 0.343. The SMILES string of the molecule is CCN(CC)C(=O)c1ccc(NS(=O)(=O)c2cc(Cl)ccc2Cl)cc1. The minimum atomic E-state index is -3.89. The maximum Gasteiger partial charge on any atom is 0.263 e. The van der Waals surface area contributed by atoms with E-state index in [0.29, 0.717) is 24.3 Å². The summed E-state index contributed by atoms with van der Waals surface area (Å²) in [6, 6.07) is 10.4. The molecule has 0 aliphatic heterocycles. The molecule has 134 valence electrons. The average Bonchev–Trinajstić information content (AvgIpc) is 2.58. The minimum Gasteiger partial charge on any atom is -0.339 e. The highest BCUT2D eigenvalue weighted by atomic mass is 35.5. The summed E-state index contributed by atoms with van der Waals surface area (Å²) in [5.74, 6) is -0.0997. The summed E-state index contributed by atoms with van der Waals surface area (Å²) in [4.78, 5) is 13.8. The number of halogens is 2. The predicted molar refractivity (Wildman–Crippen MR) is 101 cm³/mol. The predicted octanol–water partition coefficient (Wildman–Crippen LogP) is 4.28. The summed E-state index contributed by atoms with van der Waals surface area (Å²) in [6.45, 7) is 5.02. The Kier molecular flexibility index (Phi) is 6.32. The van der Waals surface area contributed by atoms with Gasteiger partial charge in [0, 0.05) is 29.4 Å². The molecule has 0 aliphatic carbocycles. The van der Waals surface area contributed by atoms with Crippen LogP contribution in [0.15, 0.2) is 47.4 Å². The van der Waals surface area contributed by atoms with Crippen molar-refractivity contribution in [1.29, 1.82) is 0 Å². The molecule has 0 radical (unpaired) electrons. The van der Waals surface area contributed by atoms with Crippen LogP contribution in [0, 0.1) is 0 Å². The number of hydrogen-bond acceptors (Lipinski definition) is 3. The van der Waals surface area contributed by atoms with E-state index < -0.39 is 10.0 Å². The van der Waals surface area contributed by atoms with Crippen LogP contribution >= 0.6 is 23.2 Å². The Balaban J connectivity index is 2.23. The third kappa shape index (κ3) is 4.66. The maximum atomic E-state index is 12.5. The van der Waals surface area contributed by atoms with Crippen LogP contribution in [0.5, 0.6) is 0 Å². The van der Waals surface area contributed by atoms with Crippen molar-refractivity contribution < 1.29 is 13.2 Å². The van der Waals surface area contributed by atoms with Gasteiger partial charge in [-0.2, -0.15) is 0 Å². The first kappa shape index (κ1) is 19.6. The quantitative estimate of drug-likeness (QED) is 0.786. The highest BCUT2D eigenvalue weighted by molar-refractivity contribution is 7.92. The lowest BCUT2D eigenvalue weighted by atomic mass is 10.2. The minimum absolute atomic E-state index is 0.0743. The fraction of sp³-hybridized carbons (Fsp3) is 0.235. The second-order valence-corrected chi connectivity index (χ2v) is 7.73. The average molecular weight is 401 g/mol. The number of carbonyl (C=O) groups is 1. The molecule has 25 heavy (non-hydrogen) atoms. The van der Waals surface area contributed by atoms with Crippen LogP contribution < -0.4 is 4.72 Å². The van der Waals surface area contributed by atoms with Gasteiger partial charge in [-0.1, -0.05) is 23.2 Å². The zero-order valence-corrected chi connectivity index (χ0v) is 16.1. The summed E-state index contributed by atoms with van der Waals surface area (Å²) < 4.78 is 27.4. The monoisotopic (exact) mass is 400 g/mol. The van der Waals surface area contributed by atoms with Crippen molar-refractivity contribution in [2.75, 3.05) is 17.8 Å². The Labute approximate surface area is 157 Å². The van der Waals surface area contributed by atoms with Crippen molar-refractivity contribution in [3.05, 3.63) is 58.1 Å². The second-order valence-electron chi connectivity index (χ2n) is 5.24. The molecular weight excluding hydrogens is 383 g/mol. The highest BCUT2D eigenvalue weighted by Gasteiger charge is 2.19. The van der Waals surface area contributed by atoms with Crippen LogP contribution in [0.4, 0.5) is 5.69 Å². The molecule has 0 fully saturated rings. The Morgan fingerprint density at radius 2 is 1.64 bits per heavy atom. The van der Waals surface area contributed by atoms with Crippen molar-refractivity contribution in [3.63, 3.8) is 0 Å². The number of carbonyl (C=O) groups excluding carboxylic acids is 1. The first-order chi connectivity index (χ1) is 11.8. The molecule has 1 amide bonds. The first-order valence-electron chi connectivity index (χ1n) is 7.65. The number of nitrogens with one attached hydrogen (secondary N) is 1. The van der Waals surface area contributed by atoms with Gasteiger partial charge >= 0.3 is 0 Å². The molecule has 0 aromatic heterocycles. The molecule has 2 aromatic carbocycles. The largest absolute Gasteiger partial charge is 0.339 e. The van der Waals surface area contributed by atoms with E-state index in [0.717, 1.165) is 0 Å². The lowest BCUT2D eigenvalue weighted by molar-refractivity contribution is 0.0773. The summed E-state index contributed by atoms with van der Waals surface area (Å²) in [6.07, 6.45) is 0. The molecule has 0 saturated carbocycles. The summed E-state index contributed by atoms with van der Waals surface area (Å²) >= 11 is 11.8. The van der Waals surface area contributed by atoms with Gasteiger partial charge in [0.2, 0.25) is 0 Å². The second kappa shape index (κ2) is 8.08. The van der Waals surface area contributed by atoms with Crippen LogP contribution in [0.25, 0.3) is 0 Å². The zero-order valence-electron chi connectivity index (χ0n) is 13.8. The van der Waals surface area contributed by atoms with Gasteiger partial charge in [0.15, 0.2) is 0 Å². The smallest absolute Gasteiger partial charge is 0.263 e. The molecule has 1 N–H and O–H groups in total. The van der Waals surface area contributed by atoms with Crippen LogP contribution in [0.1, 0.15) is 24.2 Å². The van der Waals surface area contributed by atoms with Gasteiger partial charge in [0.05, 0.1) is 5.02 Å². The Morgan fingerprint density at radius 3 is 2.20 bits per heavy atom.